The molecule has 196 valence electrons. The Labute approximate surface area is 217 Å². The molecule has 2 aromatic carbocycles. The highest BCUT2D eigenvalue weighted by atomic mass is 19.1. The zero-order chi connectivity index (χ0) is 27.2. The summed E-state index contributed by atoms with van der Waals surface area (Å²) in [6, 6.07) is 15.0. The molecule has 0 aliphatic carbocycles. The summed E-state index contributed by atoms with van der Waals surface area (Å²) >= 11 is 0. The molecule has 0 aliphatic heterocycles. The van der Waals surface area contributed by atoms with E-state index in [1.807, 2.05) is 0 Å². The van der Waals surface area contributed by atoms with E-state index in [1.165, 1.54) is 35.2 Å². The Morgan fingerprint density at radius 1 is 1.05 bits per heavy atom. The Kier molecular flexibility index (Phi) is 8.00. The van der Waals surface area contributed by atoms with E-state index in [-0.39, 0.29) is 17.8 Å². The van der Waals surface area contributed by atoms with Crippen molar-refractivity contribution in [2.45, 2.75) is 19.6 Å². The number of nitrogens with one attached hydrogen (secondary N) is 2. The maximum atomic E-state index is 13.9. The smallest absolute Gasteiger partial charge is 0.337 e. The summed E-state index contributed by atoms with van der Waals surface area (Å²) in [5, 5.41) is 33.5. The molecule has 2 amide bonds. The fourth-order valence-corrected chi connectivity index (χ4v) is 3.66. The van der Waals surface area contributed by atoms with Gasteiger partial charge in [0.25, 0.3) is 0 Å². The summed E-state index contributed by atoms with van der Waals surface area (Å²) in [7, 11) is 0. The van der Waals surface area contributed by atoms with E-state index in [0.29, 0.717) is 28.6 Å². The van der Waals surface area contributed by atoms with Gasteiger partial charge in [-0.3, -0.25) is 4.98 Å². The third kappa shape index (κ3) is 6.52. The van der Waals surface area contributed by atoms with Crippen LogP contribution in [0.3, 0.4) is 0 Å². The number of anilines is 2. The van der Waals surface area contributed by atoms with Gasteiger partial charge in [-0.1, -0.05) is 6.07 Å². The van der Waals surface area contributed by atoms with Crippen LogP contribution in [-0.4, -0.2) is 49.6 Å². The van der Waals surface area contributed by atoms with Crippen molar-refractivity contribution >= 4 is 23.4 Å². The quantitative estimate of drug-likeness (QED) is 0.219. The molecule has 0 aliphatic rings. The van der Waals surface area contributed by atoms with E-state index >= 15 is 0 Å². The zero-order valence-electron chi connectivity index (χ0n) is 20.3. The lowest BCUT2D eigenvalue weighted by Gasteiger charge is -2.13. The molecule has 1 atom stereocenters. The van der Waals surface area contributed by atoms with Crippen LogP contribution in [0.5, 0.6) is 11.5 Å². The molecule has 0 saturated carbocycles. The summed E-state index contributed by atoms with van der Waals surface area (Å²) in [5.41, 5.74) is 2.17. The predicted molar refractivity (Wildman–Crippen MR) is 138 cm³/mol. The highest BCUT2D eigenvalue weighted by molar-refractivity contribution is 5.99. The molecule has 0 radical (unpaired) electrons. The number of pyridine rings is 1. The number of hydrogen-bond donors (Lipinski definition) is 5. The summed E-state index contributed by atoms with van der Waals surface area (Å²) in [5.74, 6) is -0.810. The van der Waals surface area contributed by atoms with E-state index in [4.69, 9.17) is 4.74 Å². The van der Waals surface area contributed by atoms with Gasteiger partial charge in [0.15, 0.2) is 0 Å². The normalized spacial score (nSPS) is 11.6. The largest absolute Gasteiger partial charge is 0.478 e. The number of carboxylic acid groups (broad SMARTS) is 1. The molecule has 2 heterocycles. The van der Waals surface area contributed by atoms with Gasteiger partial charge < -0.3 is 35.3 Å². The van der Waals surface area contributed by atoms with Crippen molar-refractivity contribution in [3.8, 4) is 22.9 Å². The average molecular weight is 521 g/mol. The van der Waals surface area contributed by atoms with E-state index < -0.39 is 30.5 Å². The molecule has 10 nitrogen and oxygen atoms in total. The van der Waals surface area contributed by atoms with Crippen molar-refractivity contribution < 1.29 is 34.0 Å². The van der Waals surface area contributed by atoms with Crippen LogP contribution in [0.15, 0.2) is 73.1 Å². The second-order valence-corrected chi connectivity index (χ2v) is 8.47. The summed E-state index contributed by atoms with van der Waals surface area (Å²) in [6.07, 6.45) is 1.78. The van der Waals surface area contributed by atoms with Crippen LogP contribution in [-0.2, 0) is 6.54 Å². The van der Waals surface area contributed by atoms with Gasteiger partial charge in [-0.2, -0.15) is 0 Å². The fraction of sp³-hybridized carbons (Fsp3) is 0.148. The van der Waals surface area contributed by atoms with Crippen LogP contribution in [0.1, 0.15) is 15.9 Å². The SMILES string of the molecule is Cc1ccc(F)c(NC(=O)Nc2ccc(Oc3ccnc(-c4cc(C(=O)O)cn4CC(O)CO)c3)cc2)c1. The number of aromatic nitrogens is 2. The van der Waals surface area contributed by atoms with Crippen molar-refractivity contribution in [1.29, 1.82) is 0 Å². The third-order valence-corrected chi connectivity index (χ3v) is 5.47. The number of aromatic carboxylic acids is 1. The predicted octanol–water partition coefficient (Wildman–Crippen LogP) is 4.49. The van der Waals surface area contributed by atoms with Crippen molar-refractivity contribution in [2.24, 2.45) is 0 Å². The van der Waals surface area contributed by atoms with Gasteiger partial charge in [0.2, 0.25) is 0 Å². The lowest BCUT2D eigenvalue weighted by atomic mass is 10.2. The monoisotopic (exact) mass is 520 g/mol. The third-order valence-electron chi connectivity index (χ3n) is 5.47. The second-order valence-electron chi connectivity index (χ2n) is 8.47. The number of urea groups is 1. The van der Waals surface area contributed by atoms with Crippen LogP contribution in [0.25, 0.3) is 11.4 Å². The number of aliphatic hydroxyl groups is 2. The molecule has 4 rings (SSSR count). The Hall–Kier alpha value is -4.74. The molecule has 0 bridgehead atoms. The minimum Gasteiger partial charge on any atom is -0.478 e. The topological polar surface area (TPSA) is 146 Å². The number of aryl methyl sites for hydroxylation is 1. The summed E-state index contributed by atoms with van der Waals surface area (Å²) in [6.45, 7) is 1.29. The number of carboxylic acids is 1. The Morgan fingerprint density at radius 2 is 1.82 bits per heavy atom. The van der Waals surface area contributed by atoms with Crippen LogP contribution in [0, 0.1) is 12.7 Å². The zero-order valence-corrected chi connectivity index (χ0v) is 20.3. The molecule has 1 unspecified atom stereocenters. The van der Waals surface area contributed by atoms with Gasteiger partial charge in [0.1, 0.15) is 17.3 Å². The first-order valence-corrected chi connectivity index (χ1v) is 11.5. The second kappa shape index (κ2) is 11.5. The van der Waals surface area contributed by atoms with Crippen molar-refractivity contribution in [3.05, 3.63) is 90.0 Å². The molecule has 0 saturated heterocycles. The maximum absolute atomic E-state index is 13.9. The standard InChI is InChI=1S/C27H25FN4O6/c1-16-2-7-22(28)23(10-16)31-27(37)30-18-3-5-20(6-4-18)38-21-8-9-29-24(12-21)25-11-17(26(35)36)13-32(25)14-19(34)15-33/h2-13,19,33-34H,14-15H2,1H3,(H,35,36)(H2,30,31,37). The van der Waals surface area contributed by atoms with Gasteiger partial charge in [0.05, 0.1) is 41.9 Å². The van der Waals surface area contributed by atoms with Crippen molar-refractivity contribution in [2.75, 3.05) is 17.2 Å². The number of benzene rings is 2. The number of halogens is 1. The van der Waals surface area contributed by atoms with Crippen LogP contribution in [0.2, 0.25) is 0 Å². The molecule has 38 heavy (non-hydrogen) atoms. The van der Waals surface area contributed by atoms with Crippen molar-refractivity contribution in [3.63, 3.8) is 0 Å². The number of amides is 2. The molecule has 4 aromatic rings. The van der Waals surface area contributed by atoms with E-state index in [2.05, 4.69) is 15.6 Å². The number of carbonyl (C=O) groups is 2. The van der Waals surface area contributed by atoms with Gasteiger partial charge in [-0.05, 0) is 61.0 Å². The molecular weight excluding hydrogens is 495 g/mol. The molecule has 11 heteroatoms. The first kappa shape index (κ1) is 26.3. The Balaban J connectivity index is 1.45. The molecule has 0 fully saturated rings. The number of aliphatic hydroxyl groups excluding tert-OH is 2. The van der Waals surface area contributed by atoms with Gasteiger partial charge in [-0.25, -0.2) is 14.0 Å². The van der Waals surface area contributed by atoms with Crippen LogP contribution < -0.4 is 15.4 Å². The number of hydrogen-bond acceptors (Lipinski definition) is 6. The van der Waals surface area contributed by atoms with E-state index in [1.54, 1.807) is 49.4 Å². The fourth-order valence-electron chi connectivity index (χ4n) is 3.66. The summed E-state index contributed by atoms with van der Waals surface area (Å²) in [4.78, 5) is 28.0. The lowest BCUT2D eigenvalue weighted by molar-refractivity contribution is 0.0694. The molecule has 2 aromatic heterocycles. The molecule has 0 spiro atoms. The minimum absolute atomic E-state index is 0.00974. The lowest BCUT2D eigenvalue weighted by Crippen LogP contribution is -2.20. The highest BCUT2D eigenvalue weighted by Gasteiger charge is 2.16. The first-order chi connectivity index (χ1) is 18.2. The number of ether oxygens (including phenoxy) is 1. The number of nitrogens with zero attached hydrogens (tertiary/aromatic N) is 2. The highest BCUT2D eigenvalue weighted by Crippen LogP contribution is 2.28. The van der Waals surface area contributed by atoms with Crippen LogP contribution >= 0.6 is 0 Å². The van der Waals surface area contributed by atoms with Crippen molar-refractivity contribution in [1.82, 2.24) is 9.55 Å². The molecule has 5 N–H and O–H groups in total. The first-order valence-electron chi connectivity index (χ1n) is 11.5. The van der Waals surface area contributed by atoms with Gasteiger partial charge >= 0.3 is 12.0 Å². The Morgan fingerprint density at radius 3 is 2.53 bits per heavy atom. The minimum atomic E-state index is -1.14. The van der Waals surface area contributed by atoms with Gasteiger partial charge in [0, 0.05) is 24.1 Å². The van der Waals surface area contributed by atoms with Crippen LogP contribution in [0.4, 0.5) is 20.6 Å². The number of carbonyl (C=O) groups excluding carboxylic acids is 1. The maximum Gasteiger partial charge on any atom is 0.337 e. The average Bonchev–Trinajstić information content (AvgIpc) is 3.31. The molecular formula is C27H25FN4O6. The van der Waals surface area contributed by atoms with Gasteiger partial charge in [-0.15, -0.1) is 0 Å². The summed E-state index contributed by atoms with van der Waals surface area (Å²) < 4.78 is 21.3. The number of rotatable bonds is 9. The Bertz CT molecular complexity index is 1450. The van der Waals surface area contributed by atoms with E-state index in [0.717, 1.165) is 5.56 Å². The van der Waals surface area contributed by atoms with E-state index in [9.17, 15) is 29.3 Å².